The molecule has 0 fully saturated rings. The van der Waals surface area contributed by atoms with E-state index >= 15 is 0 Å². The highest BCUT2D eigenvalue weighted by Crippen LogP contribution is 1.87. The van der Waals surface area contributed by atoms with Crippen molar-refractivity contribution < 1.29 is 14.3 Å². The monoisotopic (exact) mass is 158 g/mol. The highest BCUT2D eigenvalue weighted by atomic mass is 16.5. The van der Waals surface area contributed by atoms with Gasteiger partial charge in [-0.15, -0.1) is 0 Å². The van der Waals surface area contributed by atoms with E-state index in [0.29, 0.717) is 6.61 Å². The third-order valence-corrected chi connectivity index (χ3v) is 1.04. The number of unbranched alkanes of at least 4 members (excludes halogenated alkanes) is 1. The number of hydrogen-bond acceptors (Lipinski definition) is 3. The molecule has 0 aliphatic heterocycles. The third kappa shape index (κ3) is 6.83. The minimum Gasteiger partial charge on any atom is -0.450 e. The fraction of sp³-hybridized carbons (Fsp3) is 0.714. The molecule has 0 unspecified atom stereocenters. The molecule has 0 spiro atoms. The zero-order valence-corrected chi connectivity index (χ0v) is 6.55. The van der Waals surface area contributed by atoms with E-state index in [2.05, 4.69) is 10.1 Å². The maximum Gasteiger partial charge on any atom is 0.407 e. The van der Waals surface area contributed by atoms with Gasteiger partial charge in [0, 0.05) is 0 Å². The number of hydrogen-bond donors (Lipinski definition) is 1. The van der Waals surface area contributed by atoms with Gasteiger partial charge in [-0.1, -0.05) is 13.3 Å². The van der Waals surface area contributed by atoms with Crippen LogP contribution in [0, 0.1) is 0 Å². The first-order chi connectivity index (χ1) is 5.31. The van der Waals surface area contributed by atoms with E-state index in [0.717, 1.165) is 12.8 Å². The fourth-order valence-corrected chi connectivity index (χ4v) is 0.468. The van der Waals surface area contributed by atoms with Gasteiger partial charge in [0.15, 0.2) is 0 Å². The van der Waals surface area contributed by atoms with Crippen LogP contribution in [0.15, 0.2) is 0 Å². The molecule has 0 aliphatic carbocycles. The number of carbonyl (C=O) groups is 1. The molecular formula is C7H12NO3. The Hall–Kier alpha value is -1.06. The summed E-state index contributed by atoms with van der Waals surface area (Å²) in [7, 11) is 0. The van der Waals surface area contributed by atoms with Crippen molar-refractivity contribution >= 4 is 12.4 Å². The van der Waals surface area contributed by atoms with Gasteiger partial charge in [0.25, 0.3) is 0 Å². The number of nitrogens with one attached hydrogen (secondary N) is 1. The lowest BCUT2D eigenvalue weighted by Crippen LogP contribution is -2.26. The second kappa shape index (κ2) is 7.05. The Morgan fingerprint density at radius 2 is 2.36 bits per heavy atom. The largest absolute Gasteiger partial charge is 0.450 e. The maximum absolute atomic E-state index is 10.6. The summed E-state index contributed by atoms with van der Waals surface area (Å²) in [5.41, 5.74) is 0. The smallest absolute Gasteiger partial charge is 0.407 e. The van der Waals surface area contributed by atoms with Crippen LogP contribution >= 0.6 is 0 Å². The Balaban J connectivity index is 3.15. The molecule has 0 rings (SSSR count). The first-order valence-electron chi connectivity index (χ1n) is 3.57. The van der Waals surface area contributed by atoms with E-state index in [1.807, 2.05) is 6.92 Å². The number of amides is 1. The maximum atomic E-state index is 10.6. The molecule has 0 saturated carbocycles. The van der Waals surface area contributed by atoms with Crippen molar-refractivity contribution in [1.29, 1.82) is 0 Å². The van der Waals surface area contributed by atoms with E-state index in [1.54, 1.807) is 0 Å². The van der Waals surface area contributed by atoms with Crippen LogP contribution < -0.4 is 5.32 Å². The van der Waals surface area contributed by atoms with Gasteiger partial charge in [0.1, 0.15) is 0 Å². The number of alkyl carbamates (subject to hydrolysis) is 1. The quantitative estimate of drug-likeness (QED) is 0.597. The topological polar surface area (TPSA) is 55.4 Å². The second-order valence-electron chi connectivity index (χ2n) is 1.99. The van der Waals surface area contributed by atoms with Crippen molar-refractivity contribution in [1.82, 2.24) is 5.32 Å². The molecule has 0 bridgehead atoms. The van der Waals surface area contributed by atoms with E-state index in [9.17, 15) is 9.59 Å². The highest BCUT2D eigenvalue weighted by Gasteiger charge is 1.97. The van der Waals surface area contributed by atoms with Gasteiger partial charge >= 0.3 is 6.09 Å². The second-order valence-corrected chi connectivity index (χ2v) is 1.99. The van der Waals surface area contributed by atoms with Crippen LogP contribution in [0.5, 0.6) is 0 Å². The minimum atomic E-state index is -0.554. The Labute approximate surface area is 65.9 Å². The molecule has 0 aromatic rings. The summed E-state index contributed by atoms with van der Waals surface area (Å²) < 4.78 is 4.66. The third-order valence-electron chi connectivity index (χ3n) is 1.04. The average Bonchev–Trinajstić information content (AvgIpc) is 2.01. The van der Waals surface area contributed by atoms with Gasteiger partial charge in [-0.3, -0.25) is 4.79 Å². The molecule has 1 N–H and O–H groups in total. The Kier molecular flexibility index (Phi) is 6.37. The van der Waals surface area contributed by atoms with E-state index in [4.69, 9.17) is 0 Å². The van der Waals surface area contributed by atoms with E-state index in [-0.39, 0.29) is 6.54 Å². The van der Waals surface area contributed by atoms with E-state index < -0.39 is 6.09 Å². The van der Waals surface area contributed by atoms with Crippen LogP contribution in [0.2, 0.25) is 0 Å². The van der Waals surface area contributed by atoms with Crippen molar-refractivity contribution in [2.45, 2.75) is 19.8 Å². The minimum absolute atomic E-state index is 0.106. The van der Waals surface area contributed by atoms with Crippen molar-refractivity contribution in [3.8, 4) is 0 Å². The van der Waals surface area contributed by atoms with Gasteiger partial charge in [-0.25, -0.2) is 4.79 Å². The zero-order chi connectivity index (χ0) is 8.53. The van der Waals surface area contributed by atoms with Crippen molar-refractivity contribution in [3.63, 3.8) is 0 Å². The summed E-state index contributed by atoms with van der Waals surface area (Å²) in [6, 6.07) is 0. The predicted molar refractivity (Wildman–Crippen MR) is 40.0 cm³/mol. The van der Waals surface area contributed by atoms with Gasteiger partial charge in [-0.2, -0.15) is 0 Å². The van der Waals surface area contributed by atoms with Crippen molar-refractivity contribution in [3.05, 3.63) is 0 Å². The molecular weight excluding hydrogens is 146 g/mol. The van der Waals surface area contributed by atoms with Crippen LogP contribution in [0.3, 0.4) is 0 Å². The molecule has 0 aliphatic rings. The van der Waals surface area contributed by atoms with Crippen LogP contribution in [0.4, 0.5) is 4.79 Å². The molecule has 1 radical (unpaired) electrons. The van der Waals surface area contributed by atoms with Crippen LogP contribution in [0.25, 0.3) is 0 Å². The summed E-state index contributed by atoms with van der Waals surface area (Å²) in [6.45, 7) is 2.30. The highest BCUT2D eigenvalue weighted by molar-refractivity contribution is 5.70. The number of ether oxygens (including phenoxy) is 1. The average molecular weight is 158 g/mol. The summed E-state index contributed by atoms with van der Waals surface area (Å²) in [5, 5.41) is 2.21. The number of rotatable bonds is 5. The molecule has 0 heterocycles. The first-order valence-corrected chi connectivity index (χ1v) is 3.57. The zero-order valence-electron chi connectivity index (χ0n) is 6.55. The van der Waals surface area contributed by atoms with Crippen LogP contribution in [-0.4, -0.2) is 25.5 Å². The molecule has 63 valence electrons. The molecule has 0 atom stereocenters. The summed E-state index contributed by atoms with van der Waals surface area (Å²) in [4.78, 5) is 20.2. The SMILES string of the molecule is CCCCOC(=O)NC[C]=O. The van der Waals surface area contributed by atoms with Crippen molar-refractivity contribution in [2.24, 2.45) is 0 Å². The molecule has 0 saturated heterocycles. The van der Waals surface area contributed by atoms with Crippen LogP contribution in [-0.2, 0) is 9.53 Å². The number of carbonyl (C=O) groups excluding carboxylic acids is 2. The van der Waals surface area contributed by atoms with Gasteiger partial charge in [0.2, 0.25) is 6.29 Å². The van der Waals surface area contributed by atoms with E-state index in [1.165, 1.54) is 6.29 Å². The Bertz CT molecular complexity index is 125. The molecule has 0 aromatic heterocycles. The van der Waals surface area contributed by atoms with Gasteiger partial charge in [0.05, 0.1) is 13.2 Å². The summed E-state index contributed by atoms with van der Waals surface area (Å²) in [6.07, 6.45) is 2.80. The normalized spacial score (nSPS) is 8.82. The Morgan fingerprint density at radius 3 is 2.91 bits per heavy atom. The summed E-state index contributed by atoms with van der Waals surface area (Å²) >= 11 is 0. The predicted octanol–water partition coefficient (Wildman–Crippen LogP) is 0.622. The molecule has 1 amide bonds. The lowest BCUT2D eigenvalue weighted by atomic mass is 10.4. The molecule has 0 aromatic carbocycles. The lowest BCUT2D eigenvalue weighted by Gasteiger charge is -2.02. The van der Waals surface area contributed by atoms with Gasteiger partial charge in [-0.05, 0) is 6.42 Å². The molecule has 4 nitrogen and oxygen atoms in total. The first kappa shape index (κ1) is 9.94. The standard InChI is InChI=1S/C7H12NO3/c1-2-3-6-11-7(10)8-4-5-9/h2-4,6H2,1H3,(H,8,10). The molecule has 11 heavy (non-hydrogen) atoms. The Morgan fingerprint density at radius 1 is 1.64 bits per heavy atom. The summed E-state index contributed by atoms with van der Waals surface area (Å²) in [5.74, 6) is 0. The van der Waals surface area contributed by atoms with Crippen molar-refractivity contribution in [2.75, 3.05) is 13.2 Å². The fourth-order valence-electron chi connectivity index (χ4n) is 0.468. The molecule has 4 heteroatoms. The van der Waals surface area contributed by atoms with Crippen LogP contribution in [0.1, 0.15) is 19.8 Å². The van der Waals surface area contributed by atoms with Gasteiger partial charge < -0.3 is 10.1 Å². The lowest BCUT2D eigenvalue weighted by molar-refractivity contribution is 0.146.